The maximum Gasteiger partial charge on any atom is 0.260 e. The lowest BCUT2D eigenvalue weighted by atomic mass is 10.1. The van der Waals surface area contributed by atoms with Crippen molar-refractivity contribution in [2.75, 3.05) is 26.3 Å². The van der Waals surface area contributed by atoms with Crippen molar-refractivity contribution in [3.8, 4) is 5.75 Å². The van der Waals surface area contributed by atoms with Crippen LogP contribution in [0.25, 0.3) is 0 Å². The minimum atomic E-state index is -0.478. The number of para-hydroxylation sites is 1. The van der Waals surface area contributed by atoms with E-state index in [1.54, 1.807) is 23.2 Å². The molecule has 0 N–H and O–H groups in total. The highest BCUT2D eigenvalue weighted by molar-refractivity contribution is 5.78. The van der Waals surface area contributed by atoms with Gasteiger partial charge in [0.25, 0.3) is 5.91 Å². The zero-order valence-electron chi connectivity index (χ0n) is 13.4. The summed E-state index contributed by atoms with van der Waals surface area (Å²) in [5, 5.41) is 0. The monoisotopic (exact) mass is 330 g/mol. The fourth-order valence-electron chi connectivity index (χ4n) is 2.52. The summed E-state index contributed by atoms with van der Waals surface area (Å²) in [5.74, 6) is -0.594. The zero-order valence-corrected chi connectivity index (χ0v) is 13.4. The molecule has 1 aromatic carbocycles. The van der Waals surface area contributed by atoms with Crippen LogP contribution in [0.1, 0.15) is 17.4 Å². The standard InChI is InChI=1S/C18H19FN2O3/c1-13-6-7-15(20-10-13)17-11-21(8-9-23-17)18(22)12-24-16-5-3-2-4-14(16)19/h2-7,10,17H,8-9,11-12H2,1H3/t17-/m0/s1. The minimum Gasteiger partial charge on any atom is -0.481 e. The number of hydrogen-bond acceptors (Lipinski definition) is 4. The number of aromatic nitrogens is 1. The Labute approximate surface area is 140 Å². The molecule has 1 aliphatic rings. The Balaban J connectivity index is 1.59. The van der Waals surface area contributed by atoms with Crippen LogP contribution in [0.2, 0.25) is 0 Å². The topological polar surface area (TPSA) is 51.7 Å². The number of rotatable bonds is 4. The van der Waals surface area contributed by atoms with E-state index in [0.717, 1.165) is 11.3 Å². The quantitative estimate of drug-likeness (QED) is 0.864. The van der Waals surface area contributed by atoms with Gasteiger partial charge in [-0.1, -0.05) is 18.2 Å². The van der Waals surface area contributed by atoms with Gasteiger partial charge in [-0.2, -0.15) is 0 Å². The van der Waals surface area contributed by atoms with E-state index in [-0.39, 0.29) is 24.4 Å². The Morgan fingerprint density at radius 1 is 1.38 bits per heavy atom. The molecule has 1 atom stereocenters. The van der Waals surface area contributed by atoms with Gasteiger partial charge in [-0.3, -0.25) is 9.78 Å². The largest absolute Gasteiger partial charge is 0.481 e. The van der Waals surface area contributed by atoms with Crippen LogP contribution in [-0.2, 0) is 9.53 Å². The molecule has 1 aromatic heterocycles. The molecule has 24 heavy (non-hydrogen) atoms. The van der Waals surface area contributed by atoms with E-state index in [0.29, 0.717) is 19.7 Å². The van der Waals surface area contributed by atoms with Crippen LogP contribution < -0.4 is 4.74 Å². The molecular weight excluding hydrogens is 311 g/mol. The summed E-state index contributed by atoms with van der Waals surface area (Å²) in [7, 11) is 0. The Hall–Kier alpha value is -2.47. The van der Waals surface area contributed by atoms with Gasteiger partial charge in [-0.25, -0.2) is 4.39 Å². The van der Waals surface area contributed by atoms with E-state index in [1.165, 1.54) is 12.1 Å². The molecule has 0 unspecified atom stereocenters. The van der Waals surface area contributed by atoms with Crippen molar-refractivity contribution in [3.05, 3.63) is 59.7 Å². The predicted octanol–water partition coefficient (Wildman–Crippen LogP) is 2.51. The number of ether oxygens (including phenoxy) is 2. The van der Waals surface area contributed by atoms with E-state index >= 15 is 0 Å². The van der Waals surface area contributed by atoms with Gasteiger partial charge in [-0.15, -0.1) is 0 Å². The van der Waals surface area contributed by atoms with E-state index in [9.17, 15) is 9.18 Å². The van der Waals surface area contributed by atoms with E-state index in [4.69, 9.17) is 9.47 Å². The summed E-state index contributed by atoms with van der Waals surface area (Å²) in [6.07, 6.45) is 1.53. The van der Waals surface area contributed by atoms with Gasteiger partial charge in [0.1, 0.15) is 6.10 Å². The maximum atomic E-state index is 13.5. The van der Waals surface area contributed by atoms with Crippen molar-refractivity contribution in [2.45, 2.75) is 13.0 Å². The summed E-state index contributed by atoms with van der Waals surface area (Å²) in [6.45, 7) is 3.10. The Morgan fingerprint density at radius 2 is 2.21 bits per heavy atom. The van der Waals surface area contributed by atoms with Gasteiger partial charge in [0, 0.05) is 12.7 Å². The molecule has 1 saturated heterocycles. The molecule has 126 valence electrons. The zero-order chi connectivity index (χ0) is 16.9. The van der Waals surface area contributed by atoms with Crippen LogP contribution in [0.15, 0.2) is 42.6 Å². The normalized spacial score (nSPS) is 17.6. The van der Waals surface area contributed by atoms with Gasteiger partial charge >= 0.3 is 0 Å². The summed E-state index contributed by atoms with van der Waals surface area (Å²) in [5.41, 5.74) is 1.87. The lowest BCUT2D eigenvalue weighted by molar-refractivity contribution is -0.141. The lowest BCUT2D eigenvalue weighted by Crippen LogP contribution is -2.44. The van der Waals surface area contributed by atoms with Gasteiger partial charge in [-0.05, 0) is 30.7 Å². The van der Waals surface area contributed by atoms with Gasteiger partial charge in [0.15, 0.2) is 18.2 Å². The highest BCUT2D eigenvalue weighted by atomic mass is 19.1. The molecule has 0 aliphatic carbocycles. The first-order chi connectivity index (χ1) is 11.6. The second-order valence-corrected chi connectivity index (χ2v) is 5.68. The molecule has 0 radical (unpaired) electrons. The second kappa shape index (κ2) is 7.40. The van der Waals surface area contributed by atoms with E-state index < -0.39 is 5.82 Å². The predicted molar refractivity (Wildman–Crippen MR) is 86.1 cm³/mol. The average molecular weight is 330 g/mol. The third-order valence-electron chi connectivity index (χ3n) is 3.87. The van der Waals surface area contributed by atoms with Crippen LogP contribution >= 0.6 is 0 Å². The number of amides is 1. The number of carbonyl (C=O) groups excluding carboxylic acids is 1. The number of carbonyl (C=O) groups is 1. The maximum absolute atomic E-state index is 13.5. The third-order valence-corrected chi connectivity index (χ3v) is 3.87. The first-order valence-electron chi connectivity index (χ1n) is 7.83. The molecule has 3 rings (SSSR count). The number of aryl methyl sites for hydroxylation is 1. The van der Waals surface area contributed by atoms with Crippen molar-refractivity contribution >= 4 is 5.91 Å². The van der Waals surface area contributed by atoms with E-state index in [2.05, 4.69) is 4.98 Å². The van der Waals surface area contributed by atoms with Crippen LogP contribution in [0.3, 0.4) is 0 Å². The molecular formula is C18H19FN2O3. The number of hydrogen-bond donors (Lipinski definition) is 0. The van der Waals surface area contributed by atoms with Crippen molar-refractivity contribution in [3.63, 3.8) is 0 Å². The smallest absolute Gasteiger partial charge is 0.260 e. The molecule has 6 heteroatoms. The fraction of sp³-hybridized carbons (Fsp3) is 0.333. The van der Waals surface area contributed by atoms with Crippen LogP contribution in [-0.4, -0.2) is 42.1 Å². The number of benzene rings is 1. The number of nitrogens with zero attached hydrogens (tertiary/aromatic N) is 2. The van der Waals surface area contributed by atoms with Crippen molar-refractivity contribution < 1.29 is 18.7 Å². The highest BCUT2D eigenvalue weighted by Gasteiger charge is 2.26. The van der Waals surface area contributed by atoms with Crippen LogP contribution in [0, 0.1) is 12.7 Å². The molecule has 0 spiro atoms. The highest BCUT2D eigenvalue weighted by Crippen LogP contribution is 2.21. The summed E-state index contributed by atoms with van der Waals surface area (Å²) in [6, 6.07) is 9.91. The SMILES string of the molecule is Cc1ccc([C@@H]2CN(C(=O)COc3ccccc3F)CCO2)nc1. The van der Waals surface area contributed by atoms with Crippen LogP contribution in [0.4, 0.5) is 4.39 Å². The first-order valence-corrected chi connectivity index (χ1v) is 7.83. The number of pyridine rings is 1. The Morgan fingerprint density at radius 3 is 2.96 bits per heavy atom. The molecule has 0 saturated carbocycles. The summed E-state index contributed by atoms with van der Waals surface area (Å²) in [4.78, 5) is 18.3. The van der Waals surface area contributed by atoms with Gasteiger partial charge in [0.2, 0.25) is 0 Å². The molecule has 5 nitrogen and oxygen atoms in total. The van der Waals surface area contributed by atoms with Crippen molar-refractivity contribution in [1.29, 1.82) is 0 Å². The lowest BCUT2D eigenvalue weighted by Gasteiger charge is -2.32. The Kier molecular flexibility index (Phi) is 5.05. The van der Waals surface area contributed by atoms with Crippen molar-refractivity contribution in [1.82, 2.24) is 9.88 Å². The third kappa shape index (κ3) is 3.89. The van der Waals surface area contributed by atoms with Crippen molar-refractivity contribution in [2.24, 2.45) is 0 Å². The summed E-state index contributed by atoms with van der Waals surface area (Å²) < 4.78 is 24.5. The van der Waals surface area contributed by atoms with E-state index in [1.807, 2.05) is 19.1 Å². The van der Waals surface area contributed by atoms with Crippen LogP contribution in [0.5, 0.6) is 5.75 Å². The molecule has 2 heterocycles. The number of halogens is 1. The number of morpholine rings is 1. The molecule has 1 aliphatic heterocycles. The molecule has 0 bridgehead atoms. The average Bonchev–Trinajstić information content (AvgIpc) is 2.61. The van der Waals surface area contributed by atoms with Gasteiger partial charge in [0.05, 0.1) is 18.8 Å². The minimum absolute atomic E-state index is 0.0795. The second-order valence-electron chi connectivity index (χ2n) is 5.68. The molecule has 2 aromatic rings. The molecule has 1 amide bonds. The first kappa shape index (κ1) is 16.4. The Bertz CT molecular complexity index is 706. The fourth-order valence-corrected chi connectivity index (χ4v) is 2.52. The summed E-state index contributed by atoms with van der Waals surface area (Å²) >= 11 is 0. The van der Waals surface area contributed by atoms with Gasteiger partial charge < -0.3 is 14.4 Å². The molecule has 1 fully saturated rings.